The first-order valence-electron chi connectivity index (χ1n) is 6.35. The maximum atomic E-state index is 12.2. The number of aliphatic hydroxyl groups is 1. The summed E-state index contributed by atoms with van der Waals surface area (Å²) in [5.41, 5.74) is 0.335. The maximum absolute atomic E-state index is 12.2. The van der Waals surface area contributed by atoms with Crippen LogP contribution in [-0.4, -0.2) is 29.3 Å². The van der Waals surface area contributed by atoms with E-state index in [1.54, 1.807) is 12.1 Å². The molecule has 0 fully saturated rings. The van der Waals surface area contributed by atoms with Crippen molar-refractivity contribution in [3.63, 3.8) is 0 Å². The molecule has 0 bridgehead atoms. The highest BCUT2D eigenvalue weighted by molar-refractivity contribution is 6.30. The van der Waals surface area contributed by atoms with E-state index in [9.17, 15) is 9.90 Å². The molecule has 2 N–H and O–H groups in total. The van der Waals surface area contributed by atoms with Gasteiger partial charge in [0.25, 0.3) is 5.91 Å². The number of rotatable bonds is 4. The number of ether oxygens (including phenoxy) is 1. The van der Waals surface area contributed by atoms with Crippen LogP contribution < -0.4 is 10.1 Å². The molecule has 1 aromatic rings. The summed E-state index contributed by atoms with van der Waals surface area (Å²) in [4.78, 5) is 12.2. The van der Waals surface area contributed by atoms with Gasteiger partial charge in [-0.05, 0) is 37.1 Å². The van der Waals surface area contributed by atoms with Gasteiger partial charge >= 0.3 is 0 Å². The Kier molecular flexibility index (Phi) is 4.02. The van der Waals surface area contributed by atoms with Crippen LogP contribution in [-0.2, 0) is 11.2 Å². The molecule has 0 spiro atoms. The number of halogens is 1. The second kappa shape index (κ2) is 5.39. The molecule has 1 aliphatic heterocycles. The monoisotopic (exact) mass is 283 g/mol. The van der Waals surface area contributed by atoms with Crippen LogP contribution in [0.25, 0.3) is 0 Å². The van der Waals surface area contributed by atoms with E-state index in [1.807, 2.05) is 19.9 Å². The third-order valence-corrected chi connectivity index (χ3v) is 3.78. The highest BCUT2D eigenvalue weighted by atomic mass is 35.5. The smallest absolute Gasteiger partial charge is 0.261 e. The zero-order valence-electron chi connectivity index (χ0n) is 11.1. The van der Waals surface area contributed by atoms with Crippen molar-refractivity contribution in [2.45, 2.75) is 38.3 Å². The Morgan fingerprint density at radius 2 is 2.37 bits per heavy atom. The molecule has 19 heavy (non-hydrogen) atoms. The Morgan fingerprint density at radius 3 is 3.00 bits per heavy atom. The van der Waals surface area contributed by atoms with Crippen molar-refractivity contribution in [1.82, 2.24) is 5.32 Å². The molecule has 0 aliphatic carbocycles. The number of amides is 1. The number of carbonyl (C=O) groups is 1. The lowest BCUT2D eigenvalue weighted by atomic mass is 9.99. The molecule has 0 aromatic heterocycles. The molecule has 1 heterocycles. The lowest BCUT2D eigenvalue weighted by molar-refractivity contribution is -0.129. The van der Waals surface area contributed by atoms with E-state index in [-0.39, 0.29) is 12.5 Å². The SMILES string of the molecule is CCC(C)(CO)NC(=O)C1Cc2cc(Cl)ccc2O1. The first-order chi connectivity index (χ1) is 8.97. The topological polar surface area (TPSA) is 58.6 Å². The molecule has 104 valence electrons. The Morgan fingerprint density at radius 1 is 1.63 bits per heavy atom. The summed E-state index contributed by atoms with van der Waals surface area (Å²) in [6.45, 7) is 3.63. The number of aliphatic hydroxyl groups excluding tert-OH is 1. The fourth-order valence-electron chi connectivity index (χ4n) is 1.98. The van der Waals surface area contributed by atoms with Gasteiger partial charge in [0.2, 0.25) is 0 Å². The first kappa shape index (κ1) is 14.2. The Bertz CT molecular complexity index is 486. The van der Waals surface area contributed by atoms with Gasteiger partial charge in [-0.25, -0.2) is 0 Å². The van der Waals surface area contributed by atoms with Crippen LogP contribution in [0.5, 0.6) is 5.75 Å². The predicted octanol–water partition coefficient (Wildman–Crippen LogP) is 1.92. The van der Waals surface area contributed by atoms with E-state index in [1.165, 1.54) is 0 Å². The molecule has 2 unspecified atom stereocenters. The van der Waals surface area contributed by atoms with Crippen LogP contribution in [0.1, 0.15) is 25.8 Å². The van der Waals surface area contributed by atoms with Crippen molar-refractivity contribution in [3.05, 3.63) is 28.8 Å². The second-order valence-corrected chi connectivity index (χ2v) is 5.56. The summed E-state index contributed by atoms with van der Waals surface area (Å²) in [5, 5.41) is 12.8. The highest BCUT2D eigenvalue weighted by Crippen LogP contribution is 2.31. The van der Waals surface area contributed by atoms with Crippen LogP contribution in [0.4, 0.5) is 0 Å². The minimum Gasteiger partial charge on any atom is -0.480 e. The van der Waals surface area contributed by atoms with E-state index in [4.69, 9.17) is 16.3 Å². The van der Waals surface area contributed by atoms with Crippen LogP contribution >= 0.6 is 11.6 Å². The van der Waals surface area contributed by atoms with Gasteiger partial charge in [0.05, 0.1) is 12.1 Å². The van der Waals surface area contributed by atoms with Crippen molar-refractivity contribution in [2.24, 2.45) is 0 Å². The lowest BCUT2D eigenvalue weighted by Crippen LogP contribution is -2.52. The number of fused-ring (bicyclic) bond motifs is 1. The number of benzene rings is 1. The van der Waals surface area contributed by atoms with Crippen LogP contribution in [0, 0.1) is 0 Å². The van der Waals surface area contributed by atoms with E-state index < -0.39 is 11.6 Å². The molecule has 2 rings (SSSR count). The van der Waals surface area contributed by atoms with Gasteiger partial charge in [-0.1, -0.05) is 18.5 Å². The Hall–Kier alpha value is -1.26. The molecule has 2 atom stereocenters. The Labute approximate surface area is 117 Å². The molecular weight excluding hydrogens is 266 g/mol. The number of carbonyl (C=O) groups excluding carboxylic acids is 1. The van der Waals surface area contributed by atoms with Crippen molar-refractivity contribution in [2.75, 3.05) is 6.61 Å². The average Bonchev–Trinajstić information content (AvgIpc) is 2.81. The second-order valence-electron chi connectivity index (χ2n) is 5.12. The van der Waals surface area contributed by atoms with E-state index in [0.29, 0.717) is 23.6 Å². The molecular formula is C14H18ClNO3. The minimum absolute atomic E-state index is 0.0965. The standard InChI is InChI=1S/C14H18ClNO3/c1-3-14(2,8-17)16-13(18)12-7-9-6-10(15)4-5-11(9)19-12/h4-6,12,17H,3,7-8H2,1-2H3,(H,16,18). The van der Waals surface area contributed by atoms with E-state index >= 15 is 0 Å². The minimum atomic E-state index is -0.604. The van der Waals surface area contributed by atoms with Gasteiger partial charge in [-0.15, -0.1) is 0 Å². The van der Waals surface area contributed by atoms with E-state index in [0.717, 1.165) is 5.56 Å². The largest absolute Gasteiger partial charge is 0.480 e. The molecule has 0 saturated carbocycles. The van der Waals surface area contributed by atoms with Crippen LogP contribution in [0.2, 0.25) is 5.02 Å². The van der Waals surface area contributed by atoms with Crippen molar-refractivity contribution in [3.8, 4) is 5.75 Å². The van der Waals surface area contributed by atoms with Crippen molar-refractivity contribution >= 4 is 17.5 Å². The van der Waals surface area contributed by atoms with Gasteiger partial charge in [0, 0.05) is 11.4 Å². The molecule has 1 aromatic carbocycles. The lowest BCUT2D eigenvalue weighted by Gasteiger charge is -2.28. The third-order valence-electron chi connectivity index (χ3n) is 3.54. The molecule has 5 heteroatoms. The summed E-state index contributed by atoms with van der Waals surface area (Å²) < 4.78 is 5.61. The quantitative estimate of drug-likeness (QED) is 0.888. The molecule has 1 aliphatic rings. The van der Waals surface area contributed by atoms with Crippen LogP contribution in [0.3, 0.4) is 0 Å². The van der Waals surface area contributed by atoms with Gasteiger partial charge in [0.1, 0.15) is 5.75 Å². The summed E-state index contributed by atoms with van der Waals surface area (Å²) >= 11 is 5.91. The molecule has 0 radical (unpaired) electrons. The molecule has 1 amide bonds. The maximum Gasteiger partial charge on any atom is 0.261 e. The van der Waals surface area contributed by atoms with Gasteiger partial charge in [-0.2, -0.15) is 0 Å². The fourth-order valence-corrected chi connectivity index (χ4v) is 2.18. The summed E-state index contributed by atoms with van der Waals surface area (Å²) in [6.07, 6.45) is 0.610. The van der Waals surface area contributed by atoms with Crippen molar-refractivity contribution < 1.29 is 14.6 Å². The number of hydrogen-bond acceptors (Lipinski definition) is 3. The summed E-state index contributed by atoms with van der Waals surface area (Å²) in [5.74, 6) is 0.498. The fraction of sp³-hybridized carbons (Fsp3) is 0.500. The van der Waals surface area contributed by atoms with Crippen molar-refractivity contribution in [1.29, 1.82) is 0 Å². The zero-order valence-corrected chi connectivity index (χ0v) is 11.8. The predicted molar refractivity (Wildman–Crippen MR) is 73.5 cm³/mol. The first-order valence-corrected chi connectivity index (χ1v) is 6.73. The van der Waals surface area contributed by atoms with E-state index in [2.05, 4.69) is 5.32 Å². The summed E-state index contributed by atoms with van der Waals surface area (Å²) in [6, 6.07) is 5.33. The number of nitrogens with one attached hydrogen (secondary N) is 1. The normalized spacial score (nSPS) is 20.3. The Balaban J connectivity index is 2.04. The van der Waals surface area contributed by atoms with Gasteiger partial charge in [0.15, 0.2) is 6.10 Å². The third kappa shape index (κ3) is 3.01. The van der Waals surface area contributed by atoms with Gasteiger partial charge in [-0.3, -0.25) is 4.79 Å². The zero-order chi connectivity index (χ0) is 14.0. The molecule has 0 saturated heterocycles. The van der Waals surface area contributed by atoms with Crippen LogP contribution in [0.15, 0.2) is 18.2 Å². The summed E-state index contributed by atoms with van der Waals surface area (Å²) in [7, 11) is 0. The highest BCUT2D eigenvalue weighted by Gasteiger charge is 2.33. The van der Waals surface area contributed by atoms with Gasteiger partial charge < -0.3 is 15.2 Å². The molecule has 4 nitrogen and oxygen atoms in total. The average molecular weight is 284 g/mol. The number of hydrogen-bond donors (Lipinski definition) is 2.